The number of rotatable bonds is 4. The van der Waals surface area contributed by atoms with Gasteiger partial charge in [0.25, 0.3) is 0 Å². The van der Waals surface area contributed by atoms with Gasteiger partial charge in [-0.1, -0.05) is 49.9 Å². The molecule has 1 fully saturated rings. The van der Waals surface area contributed by atoms with Crippen LogP contribution in [0.15, 0.2) is 42.9 Å². The predicted octanol–water partition coefficient (Wildman–Crippen LogP) is 4.94. The number of nitrogens with two attached hydrogens (primary N) is 1. The van der Waals surface area contributed by atoms with Crippen molar-refractivity contribution in [2.45, 2.75) is 58.0 Å². The average molecular weight is 417 g/mol. The predicted molar refractivity (Wildman–Crippen MR) is 124 cm³/mol. The Morgan fingerprint density at radius 3 is 2.64 bits per heavy atom. The highest BCUT2D eigenvalue weighted by atomic mass is 35.5. The van der Waals surface area contributed by atoms with Crippen LogP contribution in [0.3, 0.4) is 0 Å². The molecule has 1 unspecified atom stereocenters. The summed E-state index contributed by atoms with van der Waals surface area (Å²) in [6.45, 7) is 2.65. The first-order valence-corrected chi connectivity index (χ1v) is 11.0. The molecule has 3 N–H and O–H groups in total. The lowest BCUT2D eigenvalue weighted by Gasteiger charge is -2.25. The van der Waals surface area contributed by atoms with E-state index in [-0.39, 0.29) is 0 Å². The Bertz CT molecular complexity index is 903. The number of anilines is 1. The Hall–Kier alpha value is -1.61. The molecule has 2 aromatic heterocycles. The van der Waals surface area contributed by atoms with Crippen molar-refractivity contribution in [3.63, 3.8) is 0 Å². The maximum atomic E-state index is 5.92. The minimum atomic E-state index is 0.554. The summed E-state index contributed by atoms with van der Waals surface area (Å²) >= 11 is 5.92. The number of aromatic nitrogens is 2. The second-order valence-electron chi connectivity index (χ2n) is 7.26. The fourth-order valence-electron chi connectivity index (χ4n) is 3.65. The number of hydrogen-bond acceptors (Lipinski definition) is 3. The molecule has 150 valence electrons. The zero-order valence-corrected chi connectivity index (χ0v) is 18.4. The lowest BCUT2D eigenvalue weighted by molar-refractivity contribution is 0.462. The summed E-state index contributed by atoms with van der Waals surface area (Å²) in [4.78, 5) is 4.44. The van der Waals surface area contributed by atoms with E-state index >= 15 is 0 Å². The largest absolute Gasteiger partial charge is 0.379 e. The molecule has 0 bridgehead atoms. The van der Waals surface area contributed by atoms with Crippen molar-refractivity contribution in [3.05, 3.63) is 59.0 Å². The van der Waals surface area contributed by atoms with E-state index in [0.717, 1.165) is 33.6 Å². The first-order valence-electron chi connectivity index (χ1n) is 10.1. The van der Waals surface area contributed by atoms with Crippen LogP contribution in [-0.2, 0) is 13.0 Å². The van der Waals surface area contributed by atoms with Crippen molar-refractivity contribution in [3.8, 4) is 0 Å². The lowest BCUT2D eigenvalue weighted by Crippen LogP contribution is -2.23. The van der Waals surface area contributed by atoms with Crippen LogP contribution in [0, 0.1) is 0 Å². The molecule has 4 nitrogen and oxygen atoms in total. The van der Waals surface area contributed by atoms with E-state index in [9.17, 15) is 0 Å². The Balaban J connectivity index is 0.000000192. The number of imidazole rings is 1. The van der Waals surface area contributed by atoms with E-state index in [1.165, 1.54) is 37.7 Å². The van der Waals surface area contributed by atoms with E-state index in [2.05, 4.69) is 44.7 Å². The van der Waals surface area contributed by atoms with Crippen molar-refractivity contribution in [1.29, 1.82) is 0 Å². The third-order valence-corrected chi connectivity index (χ3v) is 5.99. The fourth-order valence-corrected chi connectivity index (χ4v) is 4.34. The molecular formula is C22H30ClN4P. The molecule has 3 aromatic rings. The molecule has 1 aliphatic carbocycles. The molecule has 0 spiro atoms. The zero-order valence-electron chi connectivity index (χ0n) is 16.5. The molecular weight excluding hydrogens is 387 g/mol. The molecule has 1 atom stereocenters. The monoisotopic (exact) mass is 416 g/mol. The molecule has 1 aliphatic rings. The Kier molecular flexibility index (Phi) is 7.73. The summed E-state index contributed by atoms with van der Waals surface area (Å²) in [5.41, 5.74) is 10.3. The number of hydrogen-bond donors (Lipinski definition) is 2. The van der Waals surface area contributed by atoms with Gasteiger partial charge < -0.3 is 15.5 Å². The summed E-state index contributed by atoms with van der Waals surface area (Å²) in [6.07, 6.45) is 13.4. The summed E-state index contributed by atoms with van der Waals surface area (Å²) < 4.78 is 2.05. The minimum absolute atomic E-state index is 0.554. The van der Waals surface area contributed by atoms with Crippen LogP contribution < -0.4 is 16.4 Å². The van der Waals surface area contributed by atoms with Crippen LogP contribution in [0.1, 0.15) is 50.2 Å². The normalized spacial score (nSPS) is 14.6. The SMILES string of the molecule is CCc1ccc(P)cc1Cl.NCc1ccn2ccnc2c1NC1CCCCC1. The number of nitrogens with one attached hydrogen (secondary N) is 1. The van der Waals surface area contributed by atoms with Gasteiger partial charge in [-0.05, 0) is 47.8 Å². The van der Waals surface area contributed by atoms with Crippen molar-refractivity contribution in [2.75, 3.05) is 5.32 Å². The van der Waals surface area contributed by atoms with Gasteiger partial charge in [0, 0.05) is 36.2 Å². The second kappa shape index (κ2) is 10.2. The molecule has 1 saturated carbocycles. The minimum Gasteiger partial charge on any atom is -0.379 e. The summed E-state index contributed by atoms with van der Waals surface area (Å²) in [6, 6.07) is 8.73. The smallest absolute Gasteiger partial charge is 0.160 e. The Morgan fingerprint density at radius 2 is 1.96 bits per heavy atom. The van der Waals surface area contributed by atoms with Crippen LogP contribution in [0.25, 0.3) is 5.65 Å². The summed E-state index contributed by atoms with van der Waals surface area (Å²) in [5.74, 6) is 0. The van der Waals surface area contributed by atoms with Crippen LogP contribution in [0.5, 0.6) is 0 Å². The van der Waals surface area contributed by atoms with Gasteiger partial charge in [0.15, 0.2) is 5.65 Å². The number of benzene rings is 1. The number of nitrogens with zero attached hydrogens (tertiary/aromatic N) is 2. The Morgan fingerprint density at radius 1 is 1.18 bits per heavy atom. The van der Waals surface area contributed by atoms with E-state index in [4.69, 9.17) is 17.3 Å². The van der Waals surface area contributed by atoms with Crippen LogP contribution in [0.4, 0.5) is 5.69 Å². The van der Waals surface area contributed by atoms with Gasteiger partial charge in [-0.2, -0.15) is 0 Å². The first-order chi connectivity index (χ1) is 13.6. The fraction of sp³-hybridized carbons (Fsp3) is 0.409. The molecule has 6 heteroatoms. The molecule has 0 amide bonds. The topological polar surface area (TPSA) is 55.4 Å². The van der Waals surface area contributed by atoms with E-state index in [1.807, 2.05) is 29.1 Å². The van der Waals surface area contributed by atoms with E-state index < -0.39 is 0 Å². The highest BCUT2D eigenvalue weighted by Gasteiger charge is 2.16. The molecule has 0 radical (unpaired) electrons. The third kappa shape index (κ3) is 5.26. The van der Waals surface area contributed by atoms with Gasteiger partial charge in [-0.3, -0.25) is 0 Å². The highest BCUT2D eigenvalue weighted by Crippen LogP contribution is 2.26. The average Bonchev–Trinajstić information content (AvgIpc) is 3.19. The van der Waals surface area contributed by atoms with E-state index in [1.54, 1.807) is 0 Å². The van der Waals surface area contributed by atoms with Crippen LogP contribution in [-0.4, -0.2) is 15.4 Å². The lowest BCUT2D eigenvalue weighted by atomic mass is 9.95. The maximum Gasteiger partial charge on any atom is 0.160 e. The van der Waals surface area contributed by atoms with Crippen molar-refractivity contribution in [2.24, 2.45) is 5.73 Å². The maximum absolute atomic E-state index is 5.92. The van der Waals surface area contributed by atoms with Gasteiger partial charge in [0.1, 0.15) is 0 Å². The zero-order chi connectivity index (χ0) is 19.9. The van der Waals surface area contributed by atoms with Gasteiger partial charge in [0.05, 0.1) is 5.69 Å². The van der Waals surface area contributed by atoms with E-state index in [0.29, 0.717) is 12.6 Å². The third-order valence-electron chi connectivity index (χ3n) is 5.28. The Labute approximate surface area is 175 Å². The van der Waals surface area contributed by atoms with Gasteiger partial charge >= 0.3 is 0 Å². The van der Waals surface area contributed by atoms with Gasteiger partial charge in [0.2, 0.25) is 0 Å². The number of halogens is 1. The number of fused-ring (bicyclic) bond motifs is 1. The number of pyridine rings is 1. The molecule has 2 heterocycles. The molecule has 0 aliphatic heterocycles. The molecule has 28 heavy (non-hydrogen) atoms. The highest BCUT2D eigenvalue weighted by molar-refractivity contribution is 7.27. The molecule has 4 rings (SSSR count). The summed E-state index contributed by atoms with van der Waals surface area (Å²) in [5, 5.41) is 5.68. The van der Waals surface area contributed by atoms with Crippen LogP contribution in [0.2, 0.25) is 5.02 Å². The molecule has 1 aromatic carbocycles. The second-order valence-corrected chi connectivity index (χ2v) is 8.34. The van der Waals surface area contributed by atoms with Crippen molar-refractivity contribution in [1.82, 2.24) is 9.38 Å². The van der Waals surface area contributed by atoms with Crippen LogP contribution >= 0.6 is 20.8 Å². The molecule has 0 saturated heterocycles. The first kappa shape index (κ1) is 21.1. The standard InChI is InChI=1S/C14H20N4.C8H10ClP/c15-10-11-6-8-18-9-7-16-14(18)13(11)17-12-4-2-1-3-5-12;1-2-6-3-4-7(10)5-8(6)9/h6-9,12,17H,1-5,10,15H2;3-5H,2,10H2,1H3. The van der Waals surface area contributed by atoms with Gasteiger partial charge in [-0.15, -0.1) is 9.24 Å². The number of aryl methyl sites for hydroxylation is 1. The van der Waals surface area contributed by atoms with Crippen molar-refractivity contribution < 1.29 is 0 Å². The van der Waals surface area contributed by atoms with Crippen molar-refractivity contribution >= 4 is 37.5 Å². The summed E-state index contributed by atoms with van der Waals surface area (Å²) in [7, 11) is 2.62. The quantitative estimate of drug-likeness (QED) is 0.592. The van der Waals surface area contributed by atoms with Gasteiger partial charge in [-0.25, -0.2) is 4.98 Å².